The van der Waals surface area contributed by atoms with E-state index < -0.39 is 11.2 Å². The van der Waals surface area contributed by atoms with Gasteiger partial charge in [0.15, 0.2) is 0 Å². The van der Waals surface area contributed by atoms with Crippen molar-refractivity contribution in [3.05, 3.63) is 41.0 Å². The molecule has 0 saturated heterocycles. The Morgan fingerprint density at radius 2 is 1.95 bits per heavy atom. The first-order valence-corrected chi connectivity index (χ1v) is 7.68. The fourth-order valence-electron chi connectivity index (χ4n) is 3.78. The molecular formula is C18H22N2O2. The second-order valence-corrected chi connectivity index (χ2v) is 6.40. The molecule has 116 valence electrons. The molecule has 0 amide bonds. The lowest BCUT2D eigenvalue weighted by Crippen LogP contribution is -2.51. The van der Waals surface area contributed by atoms with Gasteiger partial charge in [-0.15, -0.1) is 0 Å². The molecule has 0 radical (unpaired) electrons. The first-order chi connectivity index (χ1) is 10.3. The van der Waals surface area contributed by atoms with Crippen molar-refractivity contribution in [1.82, 2.24) is 5.32 Å². The van der Waals surface area contributed by atoms with Crippen LogP contribution in [0.3, 0.4) is 0 Å². The highest BCUT2D eigenvalue weighted by molar-refractivity contribution is 6.14. The summed E-state index contributed by atoms with van der Waals surface area (Å²) in [7, 11) is 0. The maximum atomic E-state index is 12.7. The highest BCUT2D eigenvalue weighted by Crippen LogP contribution is 2.49. The average Bonchev–Trinajstić information content (AvgIpc) is 2.83. The zero-order valence-electron chi connectivity index (χ0n) is 13.8. The Balaban J connectivity index is 2.27. The molecule has 0 fully saturated rings. The average molecular weight is 298 g/mol. The highest BCUT2D eigenvalue weighted by atomic mass is 16.5. The maximum Gasteiger partial charge on any atom is 0.336 e. The standard InChI is InChI=1S/C18H22N2O2/c1-6-22-16(21)15-11(2)13-9-7-8-10-14(13)18(15)12(3)19-17(4,5)20-18/h7-10,20H,6H2,1-5H3. The van der Waals surface area contributed by atoms with Crippen molar-refractivity contribution in [2.45, 2.75) is 45.8 Å². The summed E-state index contributed by atoms with van der Waals surface area (Å²) in [6, 6.07) is 8.12. The lowest BCUT2D eigenvalue weighted by atomic mass is 9.82. The fourth-order valence-corrected chi connectivity index (χ4v) is 3.78. The van der Waals surface area contributed by atoms with Crippen LogP contribution in [-0.4, -0.2) is 24.0 Å². The number of benzene rings is 1. The number of allylic oxidation sites excluding steroid dienone is 1. The maximum absolute atomic E-state index is 12.7. The predicted molar refractivity (Wildman–Crippen MR) is 87.7 cm³/mol. The van der Waals surface area contributed by atoms with Crippen LogP contribution in [0.5, 0.6) is 0 Å². The minimum Gasteiger partial charge on any atom is -0.463 e. The quantitative estimate of drug-likeness (QED) is 0.854. The molecule has 1 N–H and O–H groups in total. The van der Waals surface area contributed by atoms with Gasteiger partial charge < -0.3 is 4.74 Å². The number of hydrogen-bond acceptors (Lipinski definition) is 4. The first kappa shape index (κ1) is 15.0. The van der Waals surface area contributed by atoms with Crippen LogP contribution >= 0.6 is 0 Å². The molecule has 1 aromatic carbocycles. The number of aliphatic imine (C=N–C) groups is 1. The zero-order valence-corrected chi connectivity index (χ0v) is 13.8. The van der Waals surface area contributed by atoms with E-state index in [1.807, 2.05) is 46.8 Å². The summed E-state index contributed by atoms with van der Waals surface area (Å²) in [5, 5.41) is 3.57. The van der Waals surface area contributed by atoms with Crippen LogP contribution < -0.4 is 5.32 Å². The van der Waals surface area contributed by atoms with Crippen molar-refractivity contribution in [2.24, 2.45) is 4.99 Å². The van der Waals surface area contributed by atoms with Gasteiger partial charge >= 0.3 is 5.97 Å². The van der Waals surface area contributed by atoms with E-state index >= 15 is 0 Å². The van der Waals surface area contributed by atoms with E-state index in [4.69, 9.17) is 9.73 Å². The third-order valence-electron chi connectivity index (χ3n) is 4.45. The van der Waals surface area contributed by atoms with Gasteiger partial charge in [0.05, 0.1) is 12.2 Å². The number of fused-ring (bicyclic) bond motifs is 2. The van der Waals surface area contributed by atoms with Crippen molar-refractivity contribution >= 4 is 17.3 Å². The molecule has 0 bridgehead atoms. The number of hydrogen-bond donors (Lipinski definition) is 1. The molecule has 1 atom stereocenters. The fraction of sp³-hybridized carbons (Fsp3) is 0.444. The summed E-state index contributed by atoms with van der Waals surface area (Å²) in [5.74, 6) is -0.268. The second-order valence-electron chi connectivity index (χ2n) is 6.40. The SMILES string of the molecule is CCOC(=O)C1=C(C)c2ccccc2C12NC(C)(C)N=C2C. The molecule has 1 aromatic rings. The van der Waals surface area contributed by atoms with Gasteiger partial charge in [-0.25, -0.2) is 4.79 Å². The number of nitrogens with zero attached hydrogens (tertiary/aromatic N) is 1. The molecule has 22 heavy (non-hydrogen) atoms. The Labute approximate surface area is 131 Å². The van der Waals surface area contributed by atoms with Crippen molar-refractivity contribution in [1.29, 1.82) is 0 Å². The largest absolute Gasteiger partial charge is 0.463 e. The normalized spacial score (nSPS) is 25.4. The molecule has 3 rings (SSSR count). The van der Waals surface area contributed by atoms with E-state index in [-0.39, 0.29) is 5.97 Å². The molecular weight excluding hydrogens is 276 g/mol. The van der Waals surface area contributed by atoms with Gasteiger partial charge in [0, 0.05) is 5.71 Å². The minimum absolute atomic E-state index is 0.268. The highest BCUT2D eigenvalue weighted by Gasteiger charge is 2.55. The Kier molecular flexibility index (Phi) is 3.25. The molecule has 1 unspecified atom stereocenters. The molecule has 1 aliphatic heterocycles. The van der Waals surface area contributed by atoms with Gasteiger partial charge in [-0.3, -0.25) is 10.3 Å². The number of rotatable bonds is 2. The van der Waals surface area contributed by atoms with Crippen LogP contribution in [0, 0.1) is 0 Å². The van der Waals surface area contributed by atoms with Gasteiger partial charge in [-0.05, 0) is 51.3 Å². The monoisotopic (exact) mass is 298 g/mol. The van der Waals surface area contributed by atoms with Crippen LogP contribution in [-0.2, 0) is 15.1 Å². The summed E-state index contributed by atoms with van der Waals surface area (Å²) in [6.07, 6.45) is 0. The summed E-state index contributed by atoms with van der Waals surface area (Å²) in [4.78, 5) is 17.4. The summed E-state index contributed by atoms with van der Waals surface area (Å²) in [5.41, 5.74) is 3.63. The lowest BCUT2D eigenvalue weighted by Gasteiger charge is -2.32. The third kappa shape index (κ3) is 1.87. The van der Waals surface area contributed by atoms with Crippen molar-refractivity contribution < 1.29 is 9.53 Å². The van der Waals surface area contributed by atoms with Crippen LogP contribution in [0.25, 0.3) is 5.57 Å². The van der Waals surface area contributed by atoms with Gasteiger partial charge in [0.2, 0.25) is 0 Å². The van der Waals surface area contributed by atoms with Gasteiger partial charge in [0.25, 0.3) is 0 Å². The lowest BCUT2D eigenvalue weighted by molar-refractivity contribution is -0.139. The molecule has 0 aromatic heterocycles. The first-order valence-electron chi connectivity index (χ1n) is 7.68. The third-order valence-corrected chi connectivity index (χ3v) is 4.45. The molecule has 4 heteroatoms. The summed E-state index contributed by atoms with van der Waals surface area (Å²) in [6.45, 7) is 10.2. The predicted octanol–water partition coefficient (Wildman–Crippen LogP) is 3.03. The topological polar surface area (TPSA) is 50.7 Å². The molecule has 0 saturated carbocycles. The van der Waals surface area contributed by atoms with Crippen LogP contribution in [0.1, 0.15) is 45.7 Å². The van der Waals surface area contributed by atoms with E-state index in [0.717, 1.165) is 22.4 Å². The van der Waals surface area contributed by atoms with Crippen LogP contribution in [0.2, 0.25) is 0 Å². The summed E-state index contributed by atoms with van der Waals surface area (Å²) >= 11 is 0. The Hall–Kier alpha value is -1.94. The molecule has 1 spiro atoms. The number of carbonyl (C=O) groups is 1. The number of ether oxygens (including phenoxy) is 1. The second kappa shape index (κ2) is 4.78. The Morgan fingerprint density at radius 1 is 1.27 bits per heavy atom. The van der Waals surface area contributed by atoms with Gasteiger partial charge in [-0.1, -0.05) is 24.3 Å². The summed E-state index contributed by atoms with van der Waals surface area (Å²) < 4.78 is 5.34. The van der Waals surface area contributed by atoms with Crippen molar-refractivity contribution in [3.63, 3.8) is 0 Å². The smallest absolute Gasteiger partial charge is 0.336 e. The molecule has 1 heterocycles. The van der Waals surface area contributed by atoms with E-state index in [0.29, 0.717) is 12.2 Å². The van der Waals surface area contributed by atoms with Crippen molar-refractivity contribution in [3.8, 4) is 0 Å². The number of nitrogens with one attached hydrogen (secondary N) is 1. The van der Waals surface area contributed by atoms with Crippen molar-refractivity contribution in [2.75, 3.05) is 6.61 Å². The number of carbonyl (C=O) groups excluding carboxylic acids is 1. The van der Waals surface area contributed by atoms with Crippen LogP contribution in [0.4, 0.5) is 0 Å². The van der Waals surface area contributed by atoms with Crippen LogP contribution in [0.15, 0.2) is 34.8 Å². The Morgan fingerprint density at radius 3 is 2.55 bits per heavy atom. The van der Waals surface area contributed by atoms with Gasteiger partial charge in [0.1, 0.15) is 11.2 Å². The zero-order chi connectivity index (χ0) is 16.1. The molecule has 2 aliphatic rings. The van der Waals surface area contributed by atoms with E-state index in [1.54, 1.807) is 0 Å². The molecule has 4 nitrogen and oxygen atoms in total. The van der Waals surface area contributed by atoms with E-state index in [9.17, 15) is 4.79 Å². The van der Waals surface area contributed by atoms with E-state index in [2.05, 4.69) is 17.4 Å². The van der Waals surface area contributed by atoms with Gasteiger partial charge in [-0.2, -0.15) is 0 Å². The minimum atomic E-state index is -0.670. The number of esters is 1. The van der Waals surface area contributed by atoms with E-state index in [1.165, 1.54) is 0 Å². The Bertz CT molecular complexity index is 716. The molecule has 1 aliphatic carbocycles.